The van der Waals surface area contributed by atoms with Crippen LogP contribution in [0.15, 0.2) is 12.3 Å². The van der Waals surface area contributed by atoms with Crippen LogP contribution in [0.3, 0.4) is 0 Å². The number of carbonyl (C=O) groups excluding carboxylic acids is 1. The van der Waals surface area contributed by atoms with Crippen molar-refractivity contribution in [3.63, 3.8) is 0 Å². The Morgan fingerprint density at radius 2 is 2.21 bits per heavy atom. The number of aryl methyl sites for hydroxylation is 1. The fraction of sp³-hybridized carbons (Fsp3) is 0.733. The van der Waals surface area contributed by atoms with E-state index in [9.17, 15) is 13.2 Å². The van der Waals surface area contributed by atoms with Crippen LogP contribution in [0.2, 0.25) is 0 Å². The van der Waals surface area contributed by atoms with Gasteiger partial charge in [0, 0.05) is 26.3 Å². The Bertz CT molecular complexity index is 681. The van der Waals surface area contributed by atoms with Crippen molar-refractivity contribution in [2.75, 3.05) is 23.8 Å². The number of amides is 1. The Balaban J connectivity index is 1.61. The maximum absolute atomic E-state index is 12.6. The fourth-order valence-electron chi connectivity index (χ4n) is 3.28. The van der Waals surface area contributed by atoms with Gasteiger partial charge in [-0.1, -0.05) is 0 Å². The summed E-state index contributed by atoms with van der Waals surface area (Å²) in [7, 11) is -1.74. The minimum absolute atomic E-state index is 0.00679. The van der Waals surface area contributed by atoms with Gasteiger partial charge in [-0.3, -0.25) is 14.4 Å². The van der Waals surface area contributed by atoms with E-state index in [1.54, 1.807) is 28.9 Å². The molecular formula is C15H24N4O4S. The Morgan fingerprint density at radius 1 is 1.38 bits per heavy atom. The minimum Gasteiger partial charge on any atom is -0.378 e. The van der Waals surface area contributed by atoms with Crippen molar-refractivity contribution in [1.82, 2.24) is 14.5 Å². The number of carbonyl (C=O) groups is 1. The first-order chi connectivity index (χ1) is 11.5. The highest BCUT2D eigenvalue weighted by Crippen LogP contribution is 2.21. The summed E-state index contributed by atoms with van der Waals surface area (Å²) in [6.45, 7) is 1.28. The summed E-state index contributed by atoms with van der Waals surface area (Å²) in [6.07, 6.45) is 5.28. The summed E-state index contributed by atoms with van der Waals surface area (Å²) in [6, 6.07) is 1.05. The molecule has 24 heavy (non-hydrogen) atoms. The van der Waals surface area contributed by atoms with E-state index in [4.69, 9.17) is 4.74 Å². The molecule has 2 aliphatic rings. The van der Waals surface area contributed by atoms with Gasteiger partial charge in [-0.15, -0.1) is 0 Å². The lowest BCUT2D eigenvalue weighted by atomic mass is 10.1. The molecule has 2 atom stereocenters. The van der Waals surface area contributed by atoms with E-state index in [0.29, 0.717) is 31.8 Å². The summed E-state index contributed by atoms with van der Waals surface area (Å²) >= 11 is 0. The van der Waals surface area contributed by atoms with Crippen LogP contribution in [0, 0.1) is 0 Å². The van der Waals surface area contributed by atoms with Crippen molar-refractivity contribution in [3.8, 4) is 0 Å². The number of rotatable bonds is 6. The first-order valence-electron chi connectivity index (χ1n) is 8.37. The second-order valence-corrected chi connectivity index (χ2v) is 8.23. The van der Waals surface area contributed by atoms with Crippen LogP contribution in [-0.2, 0) is 26.6 Å². The number of nitrogens with one attached hydrogen (secondary N) is 1. The van der Waals surface area contributed by atoms with Crippen LogP contribution < -0.4 is 9.62 Å². The molecular weight excluding hydrogens is 332 g/mol. The lowest BCUT2D eigenvalue weighted by Gasteiger charge is -2.32. The van der Waals surface area contributed by atoms with Gasteiger partial charge in [-0.05, 0) is 32.1 Å². The number of piperidine rings is 1. The number of sulfonamides is 1. The molecule has 0 unspecified atom stereocenters. The Hall–Kier alpha value is -1.45. The standard InChI is InChI=1S/C15H24N4O4S/c1-18-14(6-8-16-18)19-9-2-5-13(15(19)20)17-24(21,22)11-7-12-4-3-10-23-12/h6,8,12-13,17H,2-5,7,9-11H2,1H3/t12-,13+/m1/s1. The van der Waals surface area contributed by atoms with Crippen LogP contribution in [-0.4, -0.2) is 55.2 Å². The lowest BCUT2D eigenvalue weighted by Crippen LogP contribution is -2.53. The van der Waals surface area contributed by atoms with Crippen LogP contribution in [0.25, 0.3) is 0 Å². The summed E-state index contributed by atoms with van der Waals surface area (Å²) in [5.41, 5.74) is 0. The van der Waals surface area contributed by atoms with Crippen molar-refractivity contribution in [2.45, 2.75) is 44.2 Å². The Kier molecular flexibility index (Phi) is 5.21. The summed E-state index contributed by atoms with van der Waals surface area (Å²) in [5, 5.41) is 4.07. The smallest absolute Gasteiger partial charge is 0.246 e. The van der Waals surface area contributed by atoms with E-state index >= 15 is 0 Å². The summed E-state index contributed by atoms with van der Waals surface area (Å²) in [4.78, 5) is 14.2. The molecule has 1 N–H and O–H groups in total. The van der Waals surface area contributed by atoms with E-state index in [-0.39, 0.29) is 17.8 Å². The van der Waals surface area contributed by atoms with Crippen molar-refractivity contribution in [3.05, 3.63) is 12.3 Å². The van der Waals surface area contributed by atoms with Crippen molar-refractivity contribution < 1.29 is 17.9 Å². The van der Waals surface area contributed by atoms with E-state index in [2.05, 4.69) is 9.82 Å². The van der Waals surface area contributed by atoms with Crippen LogP contribution >= 0.6 is 0 Å². The molecule has 3 rings (SSSR count). The van der Waals surface area contributed by atoms with E-state index < -0.39 is 16.1 Å². The molecule has 8 nitrogen and oxygen atoms in total. The lowest BCUT2D eigenvalue weighted by molar-refractivity contribution is -0.121. The van der Waals surface area contributed by atoms with E-state index in [0.717, 1.165) is 19.3 Å². The predicted octanol–water partition coefficient (Wildman–Crippen LogP) is 0.404. The van der Waals surface area contributed by atoms with E-state index in [1.807, 2.05) is 0 Å². The minimum atomic E-state index is -3.50. The third-order valence-electron chi connectivity index (χ3n) is 4.56. The number of anilines is 1. The summed E-state index contributed by atoms with van der Waals surface area (Å²) < 4.78 is 34.3. The topological polar surface area (TPSA) is 93.5 Å². The van der Waals surface area contributed by atoms with Gasteiger partial charge in [0.1, 0.15) is 11.9 Å². The number of ether oxygens (including phenoxy) is 1. The van der Waals surface area contributed by atoms with Gasteiger partial charge in [0.2, 0.25) is 15.9 Å². The molecule has 1 aromatic heterocycles. The average molecular weight is 356 g/mol. The molecule has 0 bridgehead atoms. The largest absolute Gasteiger partial charge is 0.378 e. The molecule has 0 spiro atoms. The monoisotopic (exact) mass is 356 g/mol. The molecule has 0 radical (unpaired) electrons. The zero-order valence-electron chi connectivity index (χ0n) is 13.8. The number of hydrogen-bond acceptors (Lipinski definition) is 5. The highest BCUT2D eigenvalue weighted by molar-refractivity contribution is 7.89. The molecule has 9 heteroatoms. The van der Waals surface area contributed by atoms with Gasteiger partial charge in [-0.2, -0.15) is 5.10 Å². The molecule has 1 aromatic rings. The molecule has 0 aromatic carbocycles. The maximum atomic E-state index is 12.6. The van der Waals surface area contributed by atoms with Crippen LogP contribution in [0.4, 0.5) is 5.82 Å². The number of hydrogen-bond donors (Lipinski definition) is 1. The SMILES string of the molecule is Cn1nccc1N1CCC[C@H](NS(=O)(=O)CC[C@H]2CCCO2)C1=O. The third kappa shape index (κ3) is 3.96. The predicted molar refractivity (Wildman–Crippen MR) is 89.1 cm³/mol. The fourth-order valence-corrected chi connectivity index (χ4v) is 4.62. The Labute approximate surface area is 142 Å². The zero-order valence-corrected chi connectivity index (χ0v) is 14.7. The van der Waals surface area contributed by atoms with Gasteiger partial charge in [0.15, 0.2) is 0 Å². The van der Waals surface area contributed by atoms with Crippen molar-refractivity contribution in [2.24, 2.45) is 7.05 Å². The molecule has 3 heterocycles. The molecule has 134 valence electrons. The van der Waals surface area contributed by atoms with Crippen molar-refractivity contribution in [1.29, 1.82) is 0 Å². The molecule has 1 amide bonds. The van der Waals surface area contributed by atoms with Crippen LogP contribution in [0.5, 0.6) is 0 Å². The van der Waals surface area contributed by atoms with Gasteiger partial charge >= 0.3 is 0 Å². The van der Waals surface area contributed by atoms with Crippen LogP contribution in [0.1, 0.15) is 32.1 Å². The highest BCUT2D eigenvalue weighted by Gasteiger charge is 2.33. The quantitative estimate of drug-likeness (QED) is 0.796. The molecule has 0 saturated carbocycles. The maximum Gasteiger partial charge on any atom is 0.246 e. The molecule has 2 aliphatic heterocycles. The second kappa shape index (κ2) is 7.20. The highest BCUT2D eigenvalue weighted by atomic mass is 32.2. The molecule has 2 saturated heterocycles. The van der Waals surface area contributed by atoms with Gasteiger partial charge in [-0.25, -0.2) is 13.1 Å². The summed E-state index contributed by atoms with van der Waals surface area (Å²) in [5.74, 6) is 0.460. The van der Waals surface area contributed by atoms with Gasteiger partial charge in [0.05, 0.1) is 18.1 Å². The van der Waals surface area contributed by atoms with E-state index in [1.165, 1.54) is 0 Å². The first kappa shape index (κ1) is 17.4. The van der Waals surface area contributed by atoms with Crippen molar-refractivity contribution >= 4 is 21.7 Å². The second-order valence-electron chi connectivity index (χ2n) is 6.36. The Morgan fingerprint density at radius 3 is 2.88 bits per heavy atom. The third-order valence-corrected chi connectivity index (χ3v) is 5.98. The number of aromatic nitrogens is 2. The molecule has 0 aliphatic carbocycles. The first-order valence-corrected chi connectivity index (χ1v) is 10.0. The van der Waals surface area contributed by atoms with Gasteiger partial charge in [0.25, 0.3) is 0 Å². The normalized spacial score (nSPS) is 25.4. The zero-order chi connectivity index (χ0) is 17.2. The molecule has 2 fully saturated rings. The number of nitrogens with zero attached hydrogens (tertiary/aromatic N) is 3. The van der Waals surface area contributed by atoms with Gasteiger partial charge < -0.3 is 4.74 Å². The average Bonchev–Trinajstić information content (AvgIpc) is 3.19.